The van der Waals surface area contributed by atoms with E-state index in [0.29, 0.717) is 34.0 Å². The van der Waals surface area contributed by atoms with Gasteiger partial charge in [0.1, 0.15) is 11.6 Å². The third-order valence-corrected chi connectivity index (χ3v) is 4.91. The highest BCUT2D eigenvalue weighted by atomic mass is 19.1. The molecule has 7 nitrogen and oxygen atoms in total. The number of nitrogens with one attached hydrogen (secondary N) is 2. The van der Waals surface area contributed by atoms with Crippen LogP contribution in [0.5, 0.6) is 11.5 Å². The van der Waals surface area contributed by atoms with Crippen LogP contribution in [0, 0.1) is 5.82 Å². The number of hydrogen-bond donors (Lipinski definition) is 2. The monoisotopic (exact) mass is 420 g/mol. The number of fused-ring (bicyclic) bond motifs is 1. The molecule has 4 aromatic rings. The van der Waals surface area contributed by atoms with Crippen molar-refractivity contribution in [3.8, 4) is 11.5 Å². The first-order valence-electron chi connectivity index (χ1n) is 9.63. The molecule has 0 radical (unpaired) electrons. The van der Waals surface area contributed by atoms with Gasteiger partial charge < -0.3 is 14.8 Å². The van der Waals surface area contributed by atoms with E-state index in [2.05, 4.69) is 20.5 Å². The third kappa shape index (κ3) is 4.48. The molecule has 0 amide bonds. The average Bonchev–Trinajstić information content (AvgIpc) is 3.27. The Bertz CT molecular complexity index is 1230. The predicted molar refractivity (Wildman–Crippen MR) is 116 cm³/mol. The summed E-state index contributed by atoms with van der Waals surface area (Å²) in [6, 6.07) is 10.1. The van der Waals surface area contributed by atoms with Gasteiger partial charge in [-0.3, -0.25) is 14.9 Å². The van der Waals surface area contributed by atoms with Crippen molar-refractivity contribution in [1.29, 1.82) is 0 Å². The first-order valence-corrected chi connectivity index (χ1v) is 9.63. The van der Waals surface area contributed by atoms with E-state index in [1.807, 2.05) is 0 Å². The van der Waals surface area contributed by atoms with E-state index in [9.17, 15) is 9.18 Å². The van der Waals surface area contributed by atoms with Crippen LogP contribution in [0.1, 0.15) is 11.1 Å². The van der Waals surface area contributed by atoms with E-state index < -0.39 is 5.82 Å². The van der Waals surface area contributed by atoms with Gasteiger partial charge in [-0.25, -0.2) is 4.39 Å². The van der Waals surface area contributed by atoms with Crippen molar-refractivity contribution < 1.29 is 18.7 Å². The number of ether oxygens (including phenoxy) is 2. The summed E-state index contributed by atoms with van der Waals surface area (Å²) >= 11 is 0. The lowest BCUT2D eigenvalue weighted by Crippen LogP contribution is -2.06. The summed E-state index contributed by atoms with van der Waals surface area (Å²) in [6.45, 7) is 0. The number of Topliss-reactive ketones (excluding diaryl/α,β-unsaturated/α-hetero) is 1. The number of carbonyl (C=O) groups is 1. The Kier molecular flexibility index (Phi) is 5.79. The number of aromatic nitrogens is 3. The zero-order valence-corrected chi connectivity index (χ0v) is 17.1. The smallest absolute Gasteiger partial charge is 0.162 e. The number of carbonyl (C=O) groups excluding carboxylic acids is 1. The van der Waals surface area contributed by atoms with Gasteiger partial charge in [0.15, 0.2) is 11.5 Å². The molecule has 158 valence electrons. The number of rotatable bonds is 8. The molecule has 0 saturated carbocycles. The van der Waals surface area contributed by atoms with Crippen LogP contribution in [-0.2, 0) is 17.6 Å². The Balaban J connectivity index is 1.55. The van der Waals surface area contributed by atoms with Gasteiger partial charge in [-0.2, -0.15) is 5.10 Å². The Morgan fingerprint density at radius 1 is 1.03 bits per heavy atom. The van der Waals surface area contributed by atoms with Crippen LogP contribution in [0.25, 0.3) is 10.9 Å². The van der Waals surface area contributed by atoms with Gasteiger partial charge in [0.2, 0.25) is 0 Å². The van der Waals surface area contributed by atoms with Gasteiger partial charge in [-0.1, -0.05) is 6.07 Å². The molecule has 2 heterocycles. The maximum absolute atomic E-state index is 14.8. The molecule has 2 N–H and O–H groups in total. The van der Waals surface area contributed by atoms with Crippen LogP contribution < -0.4 is 14.8 Å². The summed E-state index contributed by atoms with van der Waals surface area (Å²) in [5.74, 6) is 0.662. The quantitative estimate of drug-likeness (QED) is 0.444. The Labute approximate surface area is 178 Å². The maximum atomic E-state index is 14.8. The molecular weight excluding hydrogens is 399 g/mol. The highest BCUT2D eigenvalue weighted by Gasteiger charge is 2.13. The number of benzene rings is 2. The van der Waals surface area contributed by atoms with Crippen molar-refractivity contribution in [1.82, 2.24) is 15.2 Å². The Morgan fingerprint density at radius 3 is 2.52 bits per heavy atom. The minimum atomic E-state index is -0.445. The molecule has 0 atom stereocenters. The van der Waals surface area contributed by atoms with Crippen LogP contribution in [-0.4, -0.2) is 35.2 Å². The maximum Gasteiger partial charge on any atom is 0.162 e. The number of ketones is 1. The van der Waals surface area contributed by atoms with Crippen molar-refractivity contribution in [2.75, 3.05) is 19.5 Å². The molecule has 31 heavy (non-hydrogen) atoms. The first kappa shape index (κ1) is 20.3. The largest absolute Gasteiger partial charge is 0.493 e. The SMILES string of the molecule is COc1cc2nccc(Nc3ccc(CC(=O)Cc4cn[nH]c4)cc3F)c2cc1OC. The Morgan fingerprint density at radius 2 is 1.81 bits per heavy atom. The van der Waals surface area contributed by atoms with Gasteiger partial charge in [-0.05, 0) is 35.4 Å². The summed E-state index contributed by atoms with van der Waals surface area (Å²) < 4.78 is 25.5. The normalized spacial score (nSPS) is 10.8. The molecule has 0 aliphatic heterocycles. The lowest BCUT2D eigenvalue weighted by Gasteiger charge is -2.14. The molecule has 0 bridgehead atoms. The molecule has 2 aromatic heterocycles. The van der Waals surface area contributed by atoms with E-state index in [4.69, 9.17) is 9.47 Å². The summed E-state index contributed by atoms with van der Waals surface area (Å²) in [4.78, 5) is 16.6. The minimum absolute atomic E-state index is 0.0114. The molecule has 0 unspecified atom stereocenters. The molecule has 0 saturated heterocycles. The molecule has 0 fully saturated rings. The van der Waals surface area contributed by atoms with Crippen molar-refractivity contribution >= 4 is 28.1 Å². The number of pyridine rings is 1. The topological polar surface area (TPSA) is 89.1 Å². The van der Waals surface area contributed by atoms with Gasteiger partial charge >= 0.3 is 0 Å². The fraction of sp³-hybridized carbons (Fsp3) is 0.174. The van der Waals surface area contributed by atoms with Crippen molar-refractivity contribution in [2.45, 2.75) is 12.8 Å². The zero-order valence-electron chi connectivity index (χ0n) is 17.1. The summed E-state index contributed by atoms with van der Waals surface area (Å²) in [7, 11) is 3.11. The van der Waals surface area contributed by atoms with Crippen LogP contribution in [0.15, 0.2) is 55.0 Å². The van der Waals surface area contributed by atoms with Crippen LogP contribution in [0.2, 0.25) is 0 Å². The van der Waals surface area contributed by atoms with Crippen LogP contribution in [0.3, 0.4) is 0 Å². The summed E-state index contributed by atoms with van der Waals surface area (Å²) in [5, 5.41) is 10.4. The van der Waals surface area contributed by atoms with E-state index >= 15 is 0 Å². The molecule has 0 aliphatic carbocycles. The van der Waals surface area contributed by atoms with Crippen LogP contribution in [0.4, 0.5) is 15.8 Å². The molecule has 0 aliphatic rings. The molecule has 0 spiro atoms. The number of H-pyrrole nitrogens is 1. The minimum Gasteiger partial charge on any atom is -0.493 e. The van der Waals surface area contributed by atoms with Crippen molar-refractivity contribution in [3.05, 3.63) is 71.9 Å². The summed E-state index contributed by atoms with van der Waals surface area (Å²) in [5.41, 5.74) is 3.08. The van der Waals surface area contributed by atoms with E-state index in [1.165, 1.54) is 6.07 Å². The molecule has 8 heteroatoms. The van der Waals surface area contributed by atoms with Gasteiger partial charge in [-0.15, -0.1) is 0 Å². The number of anilines is 2. The highest BCUT2D eigenvalue weighted by Crippen LogP contribution is 2.35. The van der Waals surface area contributed by atoms with Gasteiger partial charge in [0.05, 0.1) is 31.6 Å². The van der Waals surface area contributed by atoms with Crippen LogP contribution >= 0.6 is 0 Å². The fourth-order valence-electron chi connectivity index (χ4n) is 3.39. The fourth-order valence-corrected chi connectivity index (χ4v) is 3.39. The van der Waals surface area contributed by atoms with Gasteiger partial charge in [0.25, 0.3) is 0 Å². The van der Waals surface area contributed by atoms with E-state index in [-0.39, 0.29) is 18.6 Å². The first-order chi connectivity index (χ1) is 15.1. The second-order valence-electron chi connectivity index (χ2n) is 7.02. The Hall–Kier alpha value is -3.94. The molecule has 2 aromatic carbocycles. The summed E-state index contributed by atoms with van der Waals surface area (Å²) in [6.07, 6.45) is 5.33. The number of hydrogen-bond acceptors (Lipinski definition) is 6. The molecule has 4 rings (SSSR count). The number of halogens is 1. The average molecular weight is 420 g/mol. The number of aromatic amines is 1. The molecular formula is C23H21FN4O3. The second-order valence-corrected chi connectivity index (χ2v) is 7.02. The second kappa shape index (κ2) is 8.83. The zero-order chi connectivity index (χ0) is 21.8. The van der Waals surface area contributed by atoms with E-state index in [1.54, 1.807) is 63.1 Å². The van der Waals surface area contributed by atoms with Gasteiger partial charge in [0, 0.05) is 42.4 Å². The number of nitrogens with zero attached hydrogens (tertiary/aromatic N) is 2. The predicted octanol–water partition coefficient (Wildman–Crippen LogP) is 4.21. The van der Waals surface area contributed by atoms with E-state index in [0.717, 1.165) is 10.9 Å². The highest BCUT2D eigenvalue weighted by molar-refractivity contribution is 5.95. The lowest BCUT2D eigenvalue weighted by molar-refractivity contribution is -0.117. The standard InChI is InChI=1S/C23H21FN4O3/c1-30-22-10-17-19(5-6-25-21(17)11-23(22)31-2)28-20-4-3-14(9-18(20)24)7-16(29)8-15-12-26-27-13-15/h3-6,9-13H,7-8H2,1-2H3,(H,25,28)(H,26,27). The third-order valence-electron chi connectivity index (χ3n) is 4.91. The van der Waals surface area contributed by atoms with Crippen molar-refractivity contribution in [2.24, 2.45) is 0 Å². The number of methoxy groups -OCH3 is 2. The lowest BCUT2D eigenvalue weighted by atomic mass is 10.0. The van der Waals surface area contributed by atoms with Crippen molar-refractivity contribution in [3.63, 3.8) is 0 Å².